The highest BCUT2D eigenvalue weighted by Crippen LogP contribution is 2.30. The van der Waals surface area contributed by atoms with Crippen molar-refractivity contribution in [3.63, 3.8) is 0 Å². The largest absolute Gasteiger partial charge is 0.352 e. The molecule has 1 atom stereocenters. The number of urea groups is 1. The van der Waals surface area contributed by atoms with E-state index < -0.39 is 11.6 Å². The van der Waals surface area contributed by atoms with E-state index in [0.717, 1.165) is 43.1 Å². The monoisotopic (exact) mass is 347 g/mol. The molecule has 1 aromatic rings. The van der Waals surface area contributed by atoms with Gasteiger partial charge in [-0.2, -0.15) is 5.10 Å². The van der Waals surface area contributed by atoms with Crippen molar-refractivity contribution in [1.29, 1.82) is 0 Å². The summed E-state index contributed by atoms with van der Waals surface area (Å²) in [6.45, 7) is 6.02. The van der Waals surface area contributed by atoms with Crippen LogP contribution in [-0.4, -0.2) is 58.7 Å². The van der Waals surface area contributed by atoms with Gasteiger partial charge in [-0.1, -0.05) is 0 Å². The fourth-order valence-electron chi connectivity index (χ4n) is 3.57. The van der Waals surface area contributed by atoms with Gasteiger partial charge in [0.2, 0.25) is 0 Å². The molecule has 9 nitrogen and oxygen atoms in total. The Labute approximate surface area is 146 Å². The van der Waals surface area contributed by atoms with Crippen LogP contribution in [0.15, 0.2) is 11.2 Å². The normalized spacial score (nSPS) is 25.1. The van der Waals surface area contributed by atoms with E-state index in [1.165, 1.54) is 0 Å². The van der Waals surface area contributed by atoms with Gasteiger partial charge in [0.05, 0.1) is 6.20 Å². The highest BCUT2D eigenvalue weighted by molar-refractivity contribution is 6.07. The Bertz CT molecular complexity index is 690. The molecule has 0 aliphatic carbocycles. The van der Waals surface area contributed by atoms with Crippen molar-refractivity contribution in [3.05, 3.63) is 17.5 Å². The van der Waals surface area contributed by atoms with Crippen LogP contribution < -0.4 is 16.0 Å². The van der Waals surface area contributed by atoms with Crippen molar-refractivity contribution in [1.82, 2.24) is 31.0 Å². The van der Waals surface area contributed by atoms with E-state index in [1.807, 2.05) is 20.0 Å². The van der Waals surface area contributed by atoms with Gasteiger partial charge in [-0.05, 0) is 32.6 Å². The number of carbonyl (C=O) groups excluding carboxylic acids is 2. The summed E-state index contributed by atoms with van der Waals surface area (Å²) < 4.78 is 0. The summed E-state index contributed by atoms with van der Waals surface area (Å²) in [6, 6.07) is -0.400. The third kappa shape index (κ3) is 3.31. The Balaban J connectivity index is 1.56. The number of nitrogens with one attached hydrogen (secondary N) is 4. The summed E-state index contributed by atoms with van der Waals surface area (Å²) in [5, 5.41) is 15.4. The number of aliphatic imine (C=N–C) groups is 1. The van der Waals surface area contributed by atoms with E-state index in [2.05, 4.69) is 36.0 Å². The minimum absolute atomic E-state index is 0.115. The maximum Gasteiger partial charge on any atom is 0.322 e. The minimum atomic E-state index is -0.811. The van der Waals surface area contributed by atoms with Crippen molar-refractivity contribution in [3.8, 4) is 0 Å². The van der Waals surface area contributed by atoms with Crippen LogP contribution in [0.25, 0.3) is 0 Å². The Morgan fingerprint density at radius 2 is 2.16 bits per heavy atom. The number of aromatic amines is 1. The molecule has 0 aromatic carbocycles. The Hall–Kier alpha value is -2.58. The average Bonchev–Trinajstić information content (AvgIpc) is 3.12. The highest BCUT2D eigenvalue weighted by Gasteiger charge is 2.48. The number of H-pyrrole nitrogens is 1. The molecule has 3 rings (SSSR count). The predicted molar refractivity (Wildman–Crippen MR) is 92.9 cm³/mol. The molecule has 25 heavy (non-hydrogen) atoms. The number of hydrogen-bond donors (Lipinski definition) is 4. The second kappa shape index (κ2) is 6.73. The van der Waals surface area contributed by atoms with Crippen LogP contribution in [0.3, 0.4) is 0 Å². The van der Waals surface area contributed by atoms with Gasteiger partial charge in [-0.25, -0.2) is 4.79 Å². The topological polar surface area (TPSA) is 115 Å². The highest BCUT2D eigenvalue weighted by atomic mass is 16.2. The number of imide groups is 1. The molecule has 0 saturated carbocycles. The predicted octanol–water partition coefficient (Wildman–Crippen LogP) is 0.104. The standard InChI is InChI=1S/C16H25N7O2/c1-10-11(9-19-22-10)8-18-14(17-3)23-6-4-12(5-7-23)16(2)13(24)20-15(25)21-16/h9,12H,4-8H2,1-3H3,(H,17,18)(H,19,22)(H2,20,21,24,25). The van der Waals surface area contributed by atoms with Crippen LogP contribution >= 0.6 is 0 Å². The molecule has 2 aliphatic heterocycles. The molecule has 2 aliphatic rings. The van der Waals surface area contributed by atoms with Crippen LogP contribution in [-0.2, 0) is 11.3 Å². The van der Waals surface area contributed by atoms with Gasteiger partial charge in [0, 0.05) is 37.9 Å². The van der Waals surface area contributed by atoms with Crippen molar-refractivity contribution in [2.75, 3.05) is 20.1 Å². The quantitative estimate of drug-likeness (QED) is 0.352. The zero-order valence-corrected chi connectivity index (χ0v) is 14.8. The molecule has 4 N–H and O–H groups in total. The van der Waals surface area contributed by atoms with Crippen LogP contribution in [0.2, 0.25) is 0 Å². The summed E-state index contributed by atoms with van der Waals surface area (Å²) in [5.41, 5.74) is 1.33. The lowest BCUT2D eigenvalue weighted by Crippen LogP contribution is -2.55. The van der Waals surface area contributed by atoms with Gasteiger partial charge in [0.25, 0.3) is 5.91 Å². The number of nitrogens with zero attached hydrogens (tertiary/aromatic N) is 3. The van der Waals surface area contributed by atoms with Gasteiger partial charge in [-0.15, -0.1) is 0 Å². The first-order valence-corrected chi connectivity index (χ1v) is 8.52. The summed E-state index contributed by atoms with van der Waals surface area (Å²) >= 11 is 0. The Morgan fingerprint density at radius 3 is 2.68 bits per heavy atom. The van der Waals surface area contributed by atoms with Crippen LogP contribution in [0.5, 0.6) is 0 Å². The molecular weight excluding hydrogens is 322 g/mol. The number of aromatic nitrogens is 2. The lowest BCUT2D eigenvalue weighted by molar-refractivity contribution is -0.125. The number of likely N-dealkylation sites (tertiary alicyclic amines) is 1. The first-order valence-electron chi connectivity index (χ1n) is 8.52. The molecule has 0 radical (unpaired) electrons. The van der Waals surface area contributed by atoms with Crippen molar-refractivity contribution >= 4 is 17.9 Å². The minimum Gasteiger partial charge on any atom is -0.352 e. The van der Waals surface area contributed by atoms with Crippen LogP contribution in [0.4, 0.5) is 4.79 Å². The van der Waals surface area contributed by atoms with Gasteiger partial charge in [0.1, 0.15) is 5.54 Å². The molecule has 9 heteroatoms. The number of piperidine rings is 1. The lowest BCUT2D eigenvalue weighted by atomic mass is 9.79. The van der Waals surface area contributed by atoms with E-state index in [0.29, 0.717) is 6.54 Å². The molecule has 0 bridgehead atoms. The van der Waals surface area contributed by atoms with Gasteiger partial charge >= 0.3 is 6.03 Å². The van der Waals surface area contributed by atoms with E-state index in [-0.39, 0.29) is 11.8 Å². The molecule has 3 heterocycles. The second-order valence-electron chi connectivity index (χ2n) is 6.79. The fraction of sp³-hybridized carbons (Fsp3) is 0.625. The number of amides is 3. The van der Waals surface area contributed by atoms with Crippen molar-refractivity contribution < 1.29 is 9.59 Å². The summed E-state index contributed by atoms with van der Waals surface area (Å²) in [5.74, 6) is 0.724. The smallest absolute Gasteiger partial charge is 0.322 e. The number of carbonyl (C=O) groups is 2. The second-order valence-corrected chi connectivity index (χ2v) is 6.79. The number of hydrogen-bond acceptors (Lipinski definition) is 4. The van der Waals surface area contributed by atoms with E-state index in [1.54, 1.807) is 7.05 Å². The Morgan fingerprint density at radius 1 is 1.44 bits per heavy atom. The molecule has 3 amide bonds. The third-order valence-corrected chi connectivity index (χ3v) is 5.27. The zero-order valence-electron chi connectivity index (χ0n) is 14.8. The molecule has 2 saturated heterocycles. The lowest BCUT2D eigenvalue weighted by Gasteiger charge is -2.39. The molecule has 2 fully saturated rings. The number of aryl methyl sites for hydroxylation is 1. The molecular formula is C16H25N7O2. The maximum absolute atomic E-state index is 12.1. The van der Waals surface area contributed by atoms with Crippen molar-refractivity contribution in [2.45, 2.75) is 38.8 Å². The molecule has 0 spiro atoms. The summed E-state index contributed by atoms with van der Waals surface area (Å²) in [7, 11) is 1.77. The molecule has 1 unspecified atom stereocenters. The Kier molecular flexibility index (Phi) is 4.65. The SMILES string of the molecule is CN=C(NCc1cn[nH]c1C)N1CCC(C2(C)NC(=O)NC2=O)CC1. The summed E-state index contributed by atoms with van der Waals surface area (Å²) in [4.78, 5) is 30.1. The third-order valence-electron chi connectivity index (χ3n) is 5.27. The van der Waals surface area contributed by atoms with Gasteiger partial charge in [0.15, 0.2) is 5.96 Å². The van der Waals surface area contributed by atoms with Crippen molar-refractivity contribution in [2.24, 2.45) is 10.9 Å². The van der Waals surface area contributed by atoms with E-state index in [9.17, 15) is 9.59 Å². The van der Waals surface area contributed by atoms with E-state index in [4.69, 9.17) is 0 Å². The number of guanidine groups is 1. The first-order chi connectivity index (χ1) is 11.9. The average molecular weight is 347 g/mol. The van der Waals surface area contributed by atoms with Gasteiger partial charge in [-0.3, -0.25) is 20.2 Å². The fourth-order valence-corrected chi connectivity index (χ4v) is 3.57. The summed E-state index contributed by atoms with van der Waals surface area (Å²) in [6.07, 6.45) is 3.44. The maximum atomic E-state index is 12.1. The van der Waals surface area contributed by atoms with E-state index >= 15 is 0 Å². The van der Waals surface area contributed by atoms with Crippen LogP contribution in [0, 0.1) is 12.8 Å². The molecule has 136 valence electrons. The first kappa shape index (κ1) is 17.2. The zero-order chi connectivity index (χ0) is 18.0. The van der Waals surface area contributed by atoms with Gasteiger partial charge < -0.3 is 15.5 Å². The van der Waals surface area contributed by atoms with Crippen LogP contribution in [0.1, 0.15) is 31.0 Å². The molecule has 1 aromatic heterocycles. The number of rotatable bonds is 3.